The summed E-state index contributed by atoms with van der Waals surface area (Å²) in [4.78, 5) is 0. The van der Waals surface area contributed by atoms with Crippen molar-refractivity contribution in [2.45, 2.75) is 31.9 Å². The van der Waals surface area contributed by atoms with E-state index in [-0.39, 0.29) is 6.10 Å². The number of rotatable bonds is 6. The minimum atomic E-state index is -0.702. The van der Waals surface area contributed by atoms with Gasteiger partial charge in [0.25, 0.3) is 0 Å². The van der Waals surface area contributed by atoms with Gasteiger partial charge in [0, 0.05) is 35.4 Å². The van der Waals surface area contributed by atoms with Crippen molar-refractivity contribution in [3.8, 4) is 0 Å². The first-order valence-corrected chi connectivity index (χ1v) is 8.62. The topological polar surface area (TPSA) is 38.3 Å². The molecule has 0 aromatic heterocycles. The number of fused-ring (bicyclic) bond motifs is 1. The van der Waals surface area contributed by atoms with Crippen molar-refractivity contribution in [1.29, 1.82) is 0 Å². The summed E-state index contributed by atoms with van der Waals surface area (Å²) < 4.78 is 16.9. The zero-order valence-electron chi connectivity index (χ0n) is 11.7. The van der Waals surface area contributed by atoms with E-state index in [2.05, 4.69) is 36.5 Å². The molecule has 0 saturated carbocycles. The van der Waals surface area contributed by atoms with Gasteiger partial charge in [-0.25, -0.2) is 0 Å². The van der Waals surface area contributed by atoms with E-state index >= 15 is 0 Å². The van der Waals surface area contributed by atoms with Crippen molar-refractivity contribution in [2.75, 3.05) is 25.2 Å². The smallest absolute Gasteiger partial charge is 0.0952 e. The van der Waals surface area contributed by atoms with Gasteiger partial charge in [-0.1, -0.05) is 24.3 Å². The van der Waals surface area contributed by atoms with E-state index < -0.39 is 10.8 Å². The molecule has 1 heterocycles. The molecule has 1 aromatic rings. The van der Waals surface area contributed by atoms with Crippen LogP contribution in [0.3, 0.4) is 0 Å². The van der Waals surface area contributed by atoms with Gasteiger partial charge in [0.1, 0.15) is 0 Å². The zero-order chi connectivity index (χ0) is 13.7. The zero-order valence-corrected chi connectivity index (χ0v) is 12.5. The summed E-state index contributed by atoms with van der Waals surface area (Å²) in [6, 6.07) is 8.89. The van der Waals surface area contributed by atoms with E-state index in [4.69, 9.17) is 4.74 Å². The molecule has 1 aromatic carbocycles. The van der Waals surface area contributed by atoms with Gasteiger partial charge in [-0.3, -0.25) is 4.21 Å². The quantitative estimate of drug-likeness (QED) is 0.867. The fourth-order valence-electron chi connectivity index (χ4n) is 2.40. The van der Waals surface area contributed by atoms with Gasteiger partial charge in [0.15, 0.2) is 0 Å². The van der Waals surface area contributed by atoms with Crippen LogP contribution in [0, 0.1) is 0 Å². The molecular formula is C15H23NO2S. The molecule has 0 saturated heterocycles. The summed E-state index contributed by atoms with van der Waals surface area (Å²) in [5, 5.41) is 3.49. The molecular weight excluding hydrogens is 258 g/mol. The molecule has 0 radical (unpaired) electrons. The van der Waals surface area contributed by atoms with Gasteiger partial charge >= 0.3 is 0 Å². The van der Waals surface area contributed by atoms with Crippen molar-refractivity contribution in [3.63, 3.8) is 0 Å². The first-order valence-electron chi connectivity index (χ1n) is 6.89. The summed E-state index contributed by atoms with van der Waals surface area (Å²) in [6.45, 7) is 3.77. The Bertz CT molecular complexity index is 436. The Hall–Kier alpha value is -0.710. The lowest BCUT2D eigenvalue weighted by Gasteiger charge is -2.27. The average Bonchev–Trinajstić information content (AvgIpc) is 2.42. The van der Waals surface area contributed by atoms with E-state index in [1.807, 2.05) is 0 Å². The Balaban J connectivity index is 1.85. The summed E-state index contributed by atoms with van der Waals surface area (Å²) in [5.41, 5.74) is 2.72. The lowest BCUT2D eigenvalue weighted by Crippen LogP contribution is -2.34. The Morgan fingerprint density at radius 3 is 3.05 bits per heavy atom. The minimum Gasteiger partial charge on any atom is -0.372 e. The Morgan fingerprint density at radius 2 is 2.26 bits per heavy atom. The maximum Gasteiger partial charge on any atom is 0.0952 e. The van der Waals surface area contributed by atoms with Gasteiger partial charge in [0.2, 0.25) is 0 Å². The Morgan fingerprint density at radius 1 is 1.47 bits per heavy atom. The normalized spacial score (nSPS) is 21.7. The van der Waals surface area contributed by atoms with Gasteiger partial charge in [-0.15, -0.1) is 0 Å². The highest BCUT2D eigenvalue weighted by atomic mass is 32.2. The molecule has 1 N–H and O–H groups in total. The number of ether oxygens (including phenoxy) is 1. The lowest BCUT2D eigenvalue weighted by atomic mass is 9.97. The molecule has 19 heavy (non-hydrogen) atoms. The van der Waals surface area contributed by atoms with E-state index in [0.717, 1.165) is 31.7 Å². The van der Waals surface area contributed by atoms with Gasteiger partial charge < -0.3 is 10.1 Å². The fraction of sp³-hybridized carbons (Fsp3) is 0.600. The third-order valence-electron chi connectivity index (χ3n) is 3.58. The molecule has 0 amide bonds. The molecule has 3 nitrogen and oxygen atoms in total. The second-order valence-electron chi connectivity index (χ2n) is 5.18. The number of nitrogens with one attached hydrogen (secondary N) is 1. The molecule has 0 spiro atoms. The molecule has 3 unspecified atom stereocenters. The summed E-state index contributed by atoms with van der Waals surface area (Å²) in [6.07, 6.45) is 3.86. The SMILES string of the molecule is CC(CCS(C)=O)NCC1OCCc2ccccc21. The van der Waals surface area contributed by atoms with Crippen LogP contribution in [0.15, 0.2) is 24.3 Å². The molecule has 0 fully saturated rings. The number of hydrogen-bond acceptors (Lipinski definition) is 3. The van der Waals surface area contributed by atoms with Crippen molar-refractivity contribution < 1.29 is 8.95 Å². The molecule has 2 rings (SSSR count). The fourth-order valence-corrected chi connectivity index (χ4v) is 3.08. The third-order valence-corrected chi connectivity index (χ3v) is 4.39. The van der Waals surface area contributed by atoms with Crippen LogP contribution >= 0.6 is 0 Å². The van der Waals surface area contributed by atoms with Gasteiger partial charge in [0.05, 0.1) is 12.7 Å². The van der Waals surface area contributed by atoms with Crippen LogP contribution in [-0.2, 0) is 22.0 Å². The largest absolute Gasteiger partial charge is 0.372 e. The summed E-state index contributed by atoms with van der Waals surface area (Å²) in [7, 11) is -0.702. The highest BCUT2D eigenvalue weighted by Gasteiger charge is 2.20. The van der Waals surface area contributed by atoms with Crippen LogP contribution in [0.25, 0.3) is 0 Å². The maximum atomic E-state index is 11.1. The van der Waals surface area contributed by atoms with Crippen molar-refractivity contribution >= 4 is 10.8 Å². The van der Waals surface area contributed by atoms with Crippen LogP contribution in [0.5, 0.6) is 0 Å². The van der Waals surface area contributed by atoms with Crippen LogP contribution in [0.1, 0.15) is 30.6 Å². The number of benzene rings is 1. The van der Waals surface area contributed by atoms with Crippen LogP contribution < -0.4 is 5.32 Å². The van der Waals surface area contributed by atoms with E-state index in [1.165, 1.54) is 11.1 Å². The van der Waals surface area contributed by atoms with Gasteiger partial charge in [-0.2, -0.15) is 0 Å². The van der Waals surface area contributed by atoms with E-state index in [1.54, 1.807) is 6.26 Å². The molecule has 1 aliphatic heterocycles. The molecule has 4 heteroatoms. The van der Waals surface area contributed by atoms with Gasteiger partial charge in [-0.05, 0) is 30.9 Å². The standard InChI is InChI=1S/C15H23NO2S/c1-12(8-10-19(2)17)16-11-15-14-6-4-3-5-13(14)7-9-18-15/h3-6,12,15-16H,7-11H2,1-2H3. The second-order valence-corrected chi connectivity index (χ2v) is 6.74. The maximum absolute atomic E-state index is 11.1. The monoisotopic (exact) mass is 281 g/mol. The first-order chi connectivity index (χ1) is 9.16. The van der Waals surface area contributed by atoms with Crippen LogP contribution in [0.4, 0.5) is 0 Å². The molecule has 0 aliphatic carbocycles. The molecule has 3 atom stereocenters. The number of hydrogen-bond donors (Lipinski definition) is 1. The van der Waals surface area contributed by atoms with Crippen LogP contribution in [-0.4, -0.2) is 35.4 Å². The highest BCUT2D eigenvalue weighted by molar-refractivity contribution is 7.84. The second kappa shape index (κ2) is 7.17. The minimum absolute atomic E-state index is 0.152. The Labute approximate surface area is 118 Å². The average molecular weight is 281 g/mol. The van der Waals surface area contributed by atoms with Crippen molar-refractivity contribution in [1.82, 2.24) is 5.32 Å². The van der Waals surface area contributed by atoms with Crippen molar-refractivity contribution in [3.05, 3.63) is 35.4 Å². The lowest BCUT2D eigenvalue weighted by molar-refractivity contribution is 0.0409. The predicted octanol–water partition coefficient (Wildman–Crippen LogP) is 2.05. The van der Waals surface area contributed by atoms with E-state index in [0.29, 0.717) is 6.04 Å². The summed E-state index contributed by atoms with van der Waals surface area (Å²) in [5.74, 6) is 0.760. The third kappa shape index (κ3) is 4.41. The summed E-state index contributed by atoms with van der Waals surface area (Å²) >= 11 is 0. The molecule has 0 bridgehead atoms. The highest BCUT2D eigenvalue weighted by Crippen LogP contribution is 2.26. The first kappa shape index (κ1) is 14.7. The predicted molar refractivity (Wildman–Crippen MR) is 79.9 cm³/mol. The molecule has 1 aliphatic rings. The van der Waals surface area contributed by atoms with E-state index in [9.17, 15) is 4.21 Å². The molecule has 106 valence electrons. The van der Waals surface area contributed by atoms with Crippen LogP contribution in [0.2, 0.25) is 0 Å². The van der Waals surface area contributed by atoms with Crippen molar-refractivity contribution in [2.24, 2.45) is 0 Å². The Kier molecular flexibility index (Phi) is 5.55.